The molecular weight excluding hydrogens is 422 g/mol. The van der Waals surface area contributed by atoms with Crippen LogP contribution in [0.3, 0.4) is 0 Å². The first kappa shape index (κ1) is 20.8. The molecule has 30 heavy (non-hydrogen) atoms. The fourth-order valence-corrected chi connectivity index (χ4v) is 4.60. The molecule has 2 aliphatic rings. The summed E-state index contributed by atoms with van der Waals surface area (Å²) in [5, 5.41) is 0. The Hall–Kier alpha value is -2.42. The molecule has 0 bridgehead atoms. The fraction of sp³-hybridized carbons (Fsp3) is 0.318. The van der Waals surface area contributed by atoms with Crippen molar-refractivity contribution in [1.82, 2.24) is 4.90 Å². The molecule has 3 heterocycles. The van der Waals surface area contributed by atoms with Crippen LogP contribution < -0.4 is 0 Å². The normalized spacial score (nSPS) is 20.4. The molecule has 2 saturated heterocycles. The summed E-state index contributed by atoms with van der Waals surface area (Å²) in [6.45, 7) is 3.35. The predicted molar refractivity (Wildman–Crippen MR) is 119 cm³/mol. The molecule has 1 atom stereocenters. The Morgan fingerprint density at radius 1 is 1.30 bits per heavy atom. The van der Waals surface area contributed by atoms with E-state index in [0.717, 1.165) is 25.0 Å². The number of rotatable bonds is 6. The second-order valence-electron chi connectivity index (χ2n) is 6.93. The summed E-state index contributed by atoms with van der Waals surface area (Å²) in [5.41, 5.74) is 1.32. The highest BCUT2D eigenvalue weighted by atomic mass is 32.2. The Kier molecular flexibility index (Phi) is 6.36. The number of carbonyl (C=O) groups is 2. The molecular formula is C22H21NO5S2. The zero-order chi connectivity index (χ0) is 21.1. The summed E-state index contributed by atoms with van der Waals surface area (Å²) in [7, 11) is 0. The third-order valence-electron chi connectivity index (χ3n) is 4.86. The van der Waals surface area contributed by atoms with Gasteiger partial charge in [0, 0.05) is 18.2 Å². The van der Waals surface area contributed by atoms with Gasteiger partial charge in [-0.2, -0.15) is 0 Å². The van der Waals surface area contributed by atoms with E-state index < -0.39 is 0 Å². The van der Waals surface area contributed by atoms with Gasteiger partial charge in [0.15, 0.2) is 0 Å². The maximum Gasteiger partial charge on any atom is 0.338 e. The van der Waals surface area contributed by atoms with Crippen LogP contribution in [-0.2, 0) is 14.3 Å². The summed E-state index contributed by atoms with van der Waals surface area (Å²) in [6, 6.07) is 10.6. The summed E-state index contributed by atoms with van der Waals surface area (Å²) < 4.78 is 17.1. The number of benzene rings is 1. The maximum atomic E-state index is 12.7. The number of furan rings is 1. The zero-order valence-corrected chi connectivity index (χ0v) is 18.1. The van der Waals surface area contributed by atoms with Crippen molar-refractivity contribution < 1.29 is 23.5 Å². The van der Waals surface area contributed by atoms with Gasteiger partial charge < -0.3 is 13.9 Å². The smallest absolute Gasteiger partial charge is 0.338 e. The highest BCUT2D eigenvalue weighted by Gasteiger charge is 2.34. The Morgan fingerprint density at radius 3 is 2.80 bits per heavy atom. The number of esters is 1. The summed E-state index contributed by atoms with van der Waals surface area (Å²) in [5.74, 6) is 0.745. The molecule has 156 valence electrons. The fourth-order valence-electron chi connectivity index (χ4n) is 3.35. The molecule has 0 saturated carbocycles. The van der Waals surface area contributed by atoms with E-state index in [0.29, 0.717) is 39.5 Å². The first-order chi connectivity index (χ1) is 14.5. The molecule has 1 aromatic carbocycles. The van der Waals surface area contributed by atoms with Crippen LogP contribution in [0, 0.1) is 0 Å². The van der Waals surface area contributed by atoms with Crippen molar-refractivity contribution in [2.45, 2.75) is 25.9 Å². The second-order valence-corrected chi connectivity index (χ2v) is 8.60. The molecule has 2 aromatic rings. The predicted octanol–water partition coefficient (Wildman–Crippen LogP) is 4.50. The molecule has 6 nitrogen and oxygen atoms in total. The van der Waals surface area contributed by atoms with E-state index in [1.807, 2.05) is 6.07 Å². The van der Waals surface area contributed by atoms with E-state index in [1.165, 1.54) is 11.8 Å². The molecule has 8 heteroatoms. The molecule has 2 fully saturated rings. The standard InChI is InChI=1S/C22H21NO5S2/c1-2-26-21(25)15-7-5-14(6-8-15)18-10-9-16(28-18)12-19-20(24)23(22(29)30-19)13-17-4-3-11-27-17/h5-10,12,17H,2-4,11,13H2,1H3. The lowest BCUT2D eigenvalue weighted by Gasteiger charge is -2.18. The second kappa shape index (κ2) is 9.16. The van der Waals surface area contributed by atoms with Gasteiger partial charge >= 0.3 is 5.97 Å². The first-order valence-electron chi connectivity index (χ1n) is 9.79. The molecule has 0 aliphatic carbocycles. The van der Waals surface area contributed by atoms with Crippen molar-refractivity contribution in [3.8, 4) is 11.3 Å². The van der Waals surface area contributed by atoms with Gasteiger partial charge in [-0.15, -0.1) is 0 Å². The van der Waals surface area contributed by atoms with Gasteiger partial charge in [0.2, 0.25) is 0 Å². The highest BCUT2D eigenvalue weighted by Crippen LogP contribution is 2.34. The zero-order valence-electron chi connectivity index (χ0n) is 16.5. The number of hydrogen-bond acceptors (Lipinski definition) is 7. The van der Waals surface area contributed by atoms with Gasteiger partial charge in [-0.3, -0.25) is 9.69 Å². The minimum Gasteiger partial charge on any atom is -0.462 e. The molecule has 2 aliphatic heterocycles. The Bertz CT molecular complexity index is 989. The van der Waals surface area contributed by atoms with Crippen LogP contribution in [0.25, 0.3) is 17.4 Å². The topological polar surface area (TPSA) is 69.0 Å². The Balaban J connectivity index is 1.46. The van der Waals surface area contributed by atoms with Crippen molar-refractivity contribution >= 4 is 46.3 Å². The van der Waals surface area contributed by atoms with Crippen LogP contribution in [0.15, 0.2) is 45.7 Å². The lowest BCUT2D eigenvalue weighted by atomic mass is 10.1. The number of thioether (sulfide) groups is 1. The van der Waals surface area contributed by atoms with Crippen LogP contribution >= 0.6 is 24.0 Å². The van der Waals surface area contributed by atoms with Gasteiger partial charge in [0.1, 0.15) is 15.8 Å². The number of nitrogens with zero attached hydrogens (tertiary/aromatic N) is 1. The molecule has 0 radical (unpaired) electrons. The van der Waals surface area contributed by atoms with E-state index in [4.69, 9.17) is 26.1 Å². The summed E-state index contributed by atoms with van der Waals surface area (Å²) in [4.78, 5) is 26.7. The van der Waals surface area contributed by atoms with Gasteiger partial charge in [0.05, 0.1) is 29.7 Å². The van der Waals surface area contributed by atoms with E-state index >= 15 is 0 Å². The minimum atomic E-state index is -0.353. The van der Waals surface area contributed by atoms with Crippen molar-refractivity contribution in [2.24, 2.45) is 0 Å². The highest BCUT2D eigenvalue weighted by molar-refractivity contribution is 8.26. The van der Waals surface area contributed by atoms with Crippen LogP contribution in [0.1, 0.15) is 35.9 Å². The molecule has 1 amide bonds. The molecule has 0 spiro atoms. The van der Waals surface area contributed by atoms with Crippen molar-refractivity contribution in [1.29, 1.82) is 0 Å². The molecule has 4 rings (SSSR count). The SMILES string of the molecule is CCOC(=O)c1ccc(-c2ccc(C=C3SC(=S)N(CC4CCCO4)C3=O)o2)cc1. The van der Waals surface area contributed by atoms with Gasteiger partial charge in [-0.25, -0.2) is 4.79 Å². The van der Waals surface area contributed by atoms with E-state index in [1.54, 1.807) is 48.2 Å². The van der Waals surface area contributed by atoms with Crippen LogP contribution in [0.5, 0.6) is 0 Å². The first-order valence-corrected chi connectivity index (χ1v) is 11.0. The number of hydrogen-bond donors (Lipinski definition) is 0. The van der Waals surface area contributed by atoms with E-state index in [2.05, 4.69) is 0 Å². The van der Waals surface area contributed by atoms with E-state index in [9.17, 15) is 9.59 Å². The van der Waals surface area contributed by atoms with E-state index in [-0.39, 0.29) is 18.0 Å². The quantitative estimate of drug-likeness (QED) is 0.370. The van der Waals surface area contributed by atoms with Crippen LogP contribution in [0.4, 0.5) is 0 Å². The molecule has 1 aromatic heterocycles. The Labute approximate surface area is 184 Å². The Morgan fingerprint density at radius 2 is 2.10 bits per heavy atom. The lowest BCUT2D eigenvalue weighted by molar-refractivity contribution is -0.123. The third kappa shape index (κ3) is 4.50. The largest absolute Gasteiger partial charge is 0.462 e. The maximum absolute atomic E-state index is 12.7. The number of carbonyl (C=O) groups excluding carboxylic acids is 2. The number of ether oxygens (including phenoxy) is 2. The number of thiocarbonyl (C=S) groups is 1. The van der Waals surface area contributed by atoms with Crippen molar-refractivity contribution in [3.63, 3.8) is 0 Å². The monoisotopic (exact) mass is 443 g/mol. The van der Waals surface area contributed by atoms with Gasteiger partial charge in [-0.05, 0) is 44.0 Å². The molecule has 0 N–H and O–H groups in total. The average Bonchev–Trinajstić information content (AvgIpc) is 3.48. The lowest BCUT2D eigenvalue weighted by Crippen LogP contribution is -2.35. The van der Waals surface area contributed by atoms with Crippen LogP contribution in [0.2, 0.25) is 0 Å². The van der Waals surface area contributed by atoms with Crippen molar-refractivity contribution in [3.05, 3.63) is 52.6 Å². The number of amides is 1. The summed E-state index contributed by atoms with van der Waals surface area (Å²) in [6.07, 6.45) is 3.74. The average molecular weight is 444 g/mol. The van der Waals surface area contributed by atoms with Gasteiger partial charge in [0.25, 0.3) is 5.91 Å². The summed E-state index contributed by atoms with van der Waals surface area (Å²) >= 11 is 6.66. The van der Waals surface area contributed by atoms with Crippen molar-refractivity contribution in [2.75, 3.05) is 19.8 Å². The van der Waals surface area contributed by atoms with Gasteiger partial charge in [-0.1, -0.05) is 36.1 Å². The third-order valence-corrected chi connectivity index (χ3v) is 6.24. The minimum absolute atomic E-state index is 0.0552. The van der Waals surface area contributed by atoms with Crippen LogP contribution in [-0.4, -0.2) is 47.0 Å². The molecule has 1 unspecified atom stereocenters.